The second-order valence-corrected chi connectivity index (χ2v) is 7.23. The molecule has 2 rings (SSSR count). The minimum absolute atomic E-state index is 0.379. The molecule has 2 fully saturated rings. The van der Waals surface area contributed by atoms with Crippen LogP contribution in [0.5, 0.6) is 0 Å². The molecule has 0 spiro atoms. The number of hydrogen-bond donors (Lipinski definition) is 2. The molecular formula is C16H32N2O. The summed E-state index contributed by atoms with van der Waals surface area (Å²) in [4.78, 5) is 0. The van der Waals surface area contributed by atoms with Crippen LogP contribution in [0.1, 0.15) is 51.9 Å². The summed E-state index contributed by atoms with van der Waals surface area (Å²) < 4.78 is 5.22. The molecule has 0 amide bonds. The summed E-state index contributed by atoms with van der Waals surface area (Å²) in [6, 6.07) is 0. The number of methoxy groups -OCH3 is 1. The molecule has 0 saturated heterocycles. The molecule has 0 radical (unpaired) electrons. The highest BCUT2D eigenvalue weighted by molar-refractivity contribution is 4.96. The molecule has 0 bridgehead atoms. The highest BCUT2D eigenvalue weighted by Crippen LogP contribution is 2.48. The summed E-state index contributed by atoms with van der Waals surface area (Å²) in [7, 11) is 1.80. The molecule has 3 nitrogen and oxygen atoms in total. The van der Waals surface area contributed by atoms with Gasteiger partial charge in [-0.3, -0.25) is 0 Å². The van der Waals surface area contributed by atoms with E-state index in [1.807, 2.05) is 0 Å². The third kappa shape index (κ3) is 4.17. The summed E-state index contributed by atoms with van der Waals surface area (Å²) >= 11 is 0. The zero-order valence-corrected chi connectivity index (χ0v) is 12.8. The molecule has 0 unspecified atom stereocenters. The molecule has 3 heteroatoms. The number of nitrogens with two attached hydrogens (primary N) is 1. The number of rotatable bonds is 8. The first kappa shape index (κ1) is 15.3. The van der Waals surface area contributed by atoms with Crippen LogP contribution in [0.2, 0.25) is 0 Å². The van der Waals surface area contributed by atoms with E-state index in [1.165, 1.54) is 44.9 Å². The Bertz CT molecular complexity index is 268. The van der Waals surface area contributed by atoms with Crippen molar-refractivity contribution in [3.63, 3.8) is 0 Å². The SMILES string of the molecule is COCCC1(CNCC2(CN)CCC(C)CC2)CC1. The van der Waals surface area contributed by atoms with E-state index >= 15 is 0 Å². The maximum atomic E-state index is 6.07. The third-order valence-corrected chi connectivity index (χ3v) is 5.56. The highest BCUT2D eigenvalue weighted by Gasteiger charge is 2.42. The first-order valence-electron chi connectivity index (χ1n) is 8.03. The van der Waals surface area contributed by atoms with E-state index in [2.05, 4.69) is 12.2 Å². The van der Waals surface area contributed by atoms with Gasteiger partial charge in [0.2, 0.25) is 0 Å². The van der Waals surface area contributed by atoms with Gasteiger partial charge in [0.1, 0.15) is 0 Å². The van der Waals surface area contributed by atoms with Crippen molar-refractivity contribution >= 4 is 0 Å². The van der Waals surface area contributed by atoms with Crippen molar-refractivity contribution in [2.45, 2.75) is 51.9 Å². The fourth-order valence-electron chi connectivity index (χ4n) is 3.43. The second-order valence-electron chi connectivity index (χ2n) is 7.23. The van der Waals surface area contributed by atoms with Gasteiger partial charge in [-0.05, 0) is 55.4 Å². The Morgan fingerprint density at radius 1 is 1.11 bits per heavy atom. The van der Waals surface area contributed by atoms with Crippen molar-refractivity contribution in [3.05, 3.63) is 0 Å². The molecule has 0 aromatic carbocycles. The van der Waals surface area contributed by atoms with Crippen LogP contribution in [-0.2, 0) is 4.74 Å². The van der Waals surface area contributed by atoms with Gasteiger partial charge in [0.15, 0.2) is 0 Å². The summed E-state index contributed by atoms with van der Waals surface area (Å²) in [5.41, 5.74) is 7.00. The normalized spacial score (nSPS) is 33.3. The molecule has 19 heavy (non-hydrogen) atoms. The standard InChI is InChI=1S/C16H32N2O/c1-14-3-5-16(11-17,6-4-14)13-18-12-15(7-8-15)9-10-19-2/h14,18H,3-13,17H2,1-2H3. The van der Waals surface area contributed by atoms with Crippen molar-refractivity contribution in [1.82, 2.24) is 5.32 Å². The first-order valence-corrected chi connectivity index (χ1v) is 8.03. The van der Waals surface area contributed by atoms with E-state index in [1.54, 1.807) is 7.11 Å². The van der Waals surface area contributed by atoms with E-state index in [-0.39, 0.29) is 0 Å². The van der Waals surface area contributed by atoms with E-state index in [0.717, 1.165) is 32.2 Å². The Kier molecular flexibility index (Phi) is 5.27. The Morgan fingerprint density at radius 2 is 1.74 bits per heavy atom. The summed E-state index contributed by atoms with van der Waals surface area (Å²) in [6.07, 6.45) is 9.28. The van der Waals surface area contributed by atoms with Crippen molar-refractivity contribution in [2.75, 3.05) is 33.4 Å². The van der Waals surface area contributed by atoms with Crippen LogP contribution in [0.15, 0.2) is 0 Å². The van der Waals surface area contributed by atoms with Crippen molar-refractivity contribution in [2.24, 2.45) is 22.5 Å². The van der Waals surface area contributed by atoms with E-state index < -0.39 is 0 Å². The lowest BCUT2D eigenvalue weighted by molar-refractivity contribution is 0.148. The molecule has 0 aliphatic heterocycles. The molecule has 112 valence electrons. The fraction of sp³-hybridized carbons (Fsp3) is 1.00. The van der Waals surface area contributed by atoms with E-state index in [9.17, 15) is 0 Å². The molecule has 2 aliphatic carbocycles. The van der Waals surface area contributed by atoms with Gasteiger partial charge in [0.25, 0.3) is 0 Å². The molecular weight excluding hydrogens is 236 g/mol. The van der Waals surface area contributed by atoms with Gasteiger partial charge in [-0.25, -0.2) is 0 Å². The van der Waals surface area contributed by atoms with Crippen LogP contribution in [0, 0.1) is 16.7 Å². The van der Waals surface area contributed by atoms with Gasteiger partial charge < -0.3 is 15.8 Å². The van der Waals surface area contributed by atoms with Gasteiger partial charge in [-0.15, -0.1) is 0 Å². The van der Waals surface area contributed by atoms with Gasteiger partial charge in [-0.1, -0.05) is 19.8 Å². The molecule has 0 aromatic rings. The number of hydrogen-bond acceptors (Lipinski definition) is 3. The Labute approximate surface area is 118 Å². The zero-order chi connectivity index (χ0) is 13.8. The Hall–Kier alpha value is -0.120. The zero-order valence-electron chi connectivity index (χ0n) is 12.8. The number of ether oxygens (including phenoxy) is 1. The molecule has 0 aromatic heterocycles. The third-order valence-electron chi connectivity index (χ3n) is 5.56. The van der Waals surface area contributed by atoms with Crippen molar-refractivity contribution in [3.8, 4) is 0 Å². The molecule has 2 aliphatic rings. The lowest BCUT2D eigenvalue weighted by atomic mass is 9.71. The van der Waals surface area contributed by atoms with Crippen LogP contribution >= 0.6 is 0 Å². The average molecular weight is 268 g/mol. The largest absolute Gasteiger partial charge is 0.385 e. The lowest BCUT2D eigenvalue weighted by Gasteiger charge is -2.39. The average Bonchev–Trinajstić information content (AvgIpc) is 3.20. The van der Waals surface area contributed by atoms with Crippen molar-refractivity contribution in [1.29, 1.82) is 0 Å². The highest BCUT2D eigenvalue weighted by atomic mass is 16.5. The number of nitrogens with one attached hydrogen (secondary N) is 1. The fourth-order valence-corrected chi connectivity index (χ4v) is 3.43. The second kappa shape index (κ2) is 6.55. The van der Waals surface area contributed by atoms with Gasteiger partial charge >= 0.3 is 0 Å². The van der Waals surface area contributed by atoms with Crippen LogP contribution in [-0.4, -0.2) is 33.4 Å². The van der Waals surface area contributed by atoms with Crippen LogP contribution < -0.4 is 11.1 Å². The molecule has 3 N–H and O–H groups in total. The first-order chi connectivity index (χ1) is 9.14. The predicted molar refractivity (Wildman–Crippen MR) is 80.1 cm³/mol. The van der Waals surface area contributed by atoms with E-state index in [4.69, 9.17) is 10.5 Å². The summed E-state index contributed by atoms with van der Waals surface area (Å²) in [6.45, 7) is 6.40. The maximum absolute atomic E-state index is 6.07. The van der Waals surface area contributed by atoms with Gasteiger partial charge in [0, 0.05) is 26.8 Å². The maximum Gasteiger partial charge on any atom is 0.0468 e. The van der Waals surface area contributed by atoms with Gasteiger partial charge in [-0.2, -0.15) is 0 Å². The van der Waals surface area contributed by atoms with Crippen LogP contribution in [0.3, 0.4) is 0 Å². The summed E-state index contributed by atoms with van der Waals surface area (Å²) in [5, 5.41) is 3.74. The van der Waals surface area contributed by atoms with Crippen LogP contribution in [0.4, 0.5) is 0 Å². The lowest BCUT2D eigenvalue weighted by Crippen LogP contribution is -2.44. The van der Waals surface area contributed by atoms with E-state index in [0.29, 0.717) is 10.8 Å². The minimum atomic E-state index is 0.379. The van der Waals surface area contributed by atoms with Crippen molar-refractivity contribution < 1.29 is 4.74 Å². The quantitative estimate of drug-likeness (QED) is 0.711. The smallest absolute Gasteiger partial charge is 0.0468 e. The minimum Gasteiger partial charge on any atom is -0.385 e. The Balaban J connectivity index is 1.71. The van der Waals surface area contributed by atoms with Crippen LogP contribution in [0.25, 0.3) is 0 Å². The molecule has 0 heterocycles. The van der Waals surface area contributed by atoms with Gasteiger partial charge in [0.05, 0.1) is 0 Å². The topological polar surface area (TPSA) is 47.3 Å². The molecule has 2 saturated carbocycles. The monoisotopic (exact) mass is 268 g/mol. The predicted octanol–water partition coefficient (Wildman–Crippen LogP) is 2.55. The summed E-state index contributed by atoms with van der Waals surface area (Å²) in [5.74, 6) is 0.899. The molecule has 0 atom stereocenters. The Morgan fingerprint density at radius 3 is 2.26 bits per heavy atom.